The van der Waals surface area contributed by atoms with Crippen LogP contribution in [0, 0.1) is 11.8 Å². The number of sulfonamides is 1. The van der Waals surface area contributed by atoms with Gasteiger partial charge in [-0.15, -0.1) is 0 Å². The monoisotopic (exact) mass is 465 g/mol. The summed E-state index contributed by atoms with van der Waals surface area (Å²) >= 11 is 0. The van der Waals surface area contributed by atoms with E-state index in [2.05, 4.69) is 24.8 Å². The number of imidazole rings is 1. The predicted molar refractivity (Wildman–Crippen MR) is 112 cm³/mol. The highest BCUT2D eigenvalue weighted by Crippen LogP contribution is 2.26. The number of hydrogen-bond donors (Lipinski definition) is 1. The van der Waals surface area contributed by atoms with Gasteiger partial charge in [0, 0.05) is 37.5 Å². The first-order valence-electron chi connectivity index (χ1n) is 9.81. The average molecular weight is 465 g/mol. The zero-order chi connectivity index (χ0) is 23.0. The van der Waals surface area contributed by atoms with Crippen molar-refractivity contribution in [2.45, 2.75) is 13.3 Å². The van der Waals surface area contributed by atoms with E-state index < -0.39 is 22.4 Å². The van der Waals surface area contributed by atoms with Gasteiger partial charge in [0.05, 0.1) is 18.1 Å². The number of anilines is 1. The maximum absolute atomic E-state index is 13.1. The van der Waals surface area contributed by atoms with E-state index in [-0.39, 0.29) is 30.5 Å². The summed E-state index contributed by atoms with van der Waals surface area (Å²) < 4.78 is 52.8. The number of alkyl halides is 2. The number of nitrogens with zero attached hydrogens (tertiary/aromatic N) is 6. The van der Waals surface area contributed by atoms with E-state index in [0.717, 1.165) is 6.26 Å². The fourth-order valence-electron chi connectivity index (χ4n) is 3.70. The van der Waals surface area contributed by atoms with Gasteiger partial charge in [0.2, 0.25) is 10.0 Å². The number of carbonyl (C=O) groups is 1. The minimum absolute atomic E-state index is 0.00400. The largest absolute Gasteiger partial charge is 0.355 e. The Morgan fingerprint density at radius 2 is 2.00 bits per heavy atom. The molecule has 0 aromatic carbocycles. The summed E-state index contributed by atoms with van der Waals surface area (Å²) in [6.07, 6.45) is 1.15. The summed E-state index contributed by atoms with van der Waals surface area (Å²) in [5.74, 6) is -0.339. The van der Waals surface area contributed by atoms with E-state index in [1.54, 1.807) is 13.0 Å². The molecule has 32 heavy (non-hydrogen) atoms. The number of fused-ring (bicyclic) bond motifs is 1. The van der Waals surface area contributed by atoms with Crippen molar-refractivity contribution in [2.24, 2.45) is 11.8 Å². The Kier molecular flexibility index (Phi) is 5.86. The van der Waals surface area contributed by atoms with Crippen LogP contribution in [0.5, 0.6) is 0 Å². The summed E-state index contributed by atoms with van der Waals surface area (Å²) in [4.78, 5) is 27.1. The summed E-state index contributed by atoms with van der Waals surface area (Å²) in [5, 5.41) is 3.95. The second-order valence-corrected chi connectivity index (χ2v) is 9.59. The lowest BCUT2D eigenvalue weighted by atomic mass is 9.89. The number of Topliss-reactive ketones (excluding diaryl/α,β-unsaturated/α-hetero) is 1. The number of rotatable bonds is 6. The summed E-state index contributed by atoms with van der Waals surface area (Å²) in [6.45, 7) is 2.48. The zero-order valence-corrected chi connectivity index (χ0v) is 18.1. The average Bonchev–Trinajstić information content (AvgIpc) is 3.17. The number of aromatic nitrogens is 5. The first-order valence-corrected chi connectivity index (χ1v) is 11.7. The van der Waals surface area contributed by atoms with Crippen LogP contribution >= 0.6 is 0 Å². The second-order valence-electron chi connectivity index (χ2n) is 7.76. The minimum atomic E-state index is -3.43. The van der Waals surface area contributed by atoms with Crippen LogP contribution in [0.4, 0.5) is 14.6 Å². The molecule has 0 amide bonds. The van der Waals surface area contributed by atoms with Gasteiger partial charge in [0.1, 0.15) is 29.3 Å². The van der Waals surface area contributed by atoms with Crippen LogP contribution in [-0.4, -0.2) is 64.7 Å². The van der Waals surface area contributed by atoms with Crippen LogP contribution in [0.2, 0.25) is 0 Å². The van der Waals surface area contributed by atoms with Gasteiger partial charge in [-0.25, -0.2) is 41.4 Å². The van der Waals surface area contributed by atoms with Gasteiger partial charge in [-0.05, 0) is 12.1 Å². The highest BCUT2D eigenvalue weighted by molar-refractivity contribution is 7.88. The third-order valence-electron chi connectivity index (χ3n) is 5.26. The molecule has 2 atom stereocenters. The first-order chi connectivity index (χ1) is 15.1. The van der Waals surface area contributed by atoms with Gasteiger partial charge in [0.15, 0.2) is 5.65 Å². The highest BCUT2D eigenvalue weighted by Gasteiger charge is 2.33. The normalized spacial score (nSPS) is 19.8. The topological polar surface area (TPSA) is 122 Å². The highest BCUT2D eigenvalue weighted by atomic mass is 32.2. The van der Waals surface area contributed by atoms with Crippen molar-refractivity contribution in [2.75, 3.05) is 30.8 Å². The molecule has 4 heterocycles. The van der Waals surface area contributed by atoms with E-state index in [4.69, 9.17) is 0 Å². The van der Waals surface area contributed by atoms with E-state index in [1.807, 2.05) is 4.90 Å². The van der Waals surface area contributed by atoms with Crippen molar-refractivity contribution in [1.82, 2.24) is 29.3 Å². The third kappa shape index (κ3) is 4.58. The van der Waals surface area contributed by atoms with Crippen LogP contribution in [0.1, 0.15) is 19.0 Å². The Morgan fingerprint density at radius 3 is 2.72 bits per heavy atom. The number of nitrogens with one attached hydrogen (secondary N) is 1. The van der Waals surface area contributed by atoms with Crippen LogP contribution in [0.3, 0.4) is 0 Å². The van der Waals surface area contributed by atoms with Gasteiger partial charge in [-0.2, -0.15) is 5.10 Å². The van der Waals surface area contributed by atoms with Crippen molar-refractivity contribution < 1.29 is 22.0 Å². The lowest BCUT2D eigenvalue weighted by molar-refractivity contribution is -0.126. The van der Waals surface area contributed by atoms with Crippen molar-refractivity contribution in [3.8, 4) is 11.4 Å². The lowest BCUT2D eigenvalue weighted by Gasteiger charge is -2.36. The standard InChI is InChI=1S/C19H21F2N7O3S/c1-11-8-27(9-12(18(11)29)6-25-32(2,30)31)17-5-14(23-10-24-17)15-7-22-16-4-3-13(19(20)21)26-28(15)16/h3-5,7,10-12,19,25H,6,8-9H2,1-2H3. The second kappa shape index (κ2) is 8.47. The molecule has 4 rings (SSSR count). The minimum Gasteiger partial charge on any atom is -0.355 e. The van der Waals surface area contributed by atoms with E-state index in [9.17, 15) is 22.0 Å². The van der Waals surface area contributed by atoms with Gasteiger partial charge in [-0.3, -0.25) is 4.79 Å². The Bertz CT molecular complexity index is 1260. The van der Waals surface area contributed by atoms with Gasteiger partial charge < -0.3 is 4.90 Å². The molecule has 3 aromatic rings. The predicted octanol–water partition coefficient (Wildman–Crippen LogP) is 1.31. The Labute approximate surface area is 182 Å². The number of halogens is 2. The fourth-order valence-corrected chi connectivity index (χ4v) is 4.20. The molecule has 1 N–H and O–H groups in total. The van der Waals surface area contributed by atoms with Gasteiger partial charge in [-0.1, -0.05) is 6.92 Å². The fraction of sp³-hybridized carbons (Fsp3) is 0.421. The number of carbonyl (C=O) groups excluding carboxylic acids is 1. The maximum atomic E-state index is 13.1. The maximum Gasteiger partial charge on any atom is 0.282 e. The van der Waals surface area contributed by atoms with Crippen molar-refractivity contribution in [3.63, 3.8) is 0 Å². The first kappa shape index (κ1) is 22.1. The van der Waals surface area contributed by atoms with Gasteiger partial charge >= 0.3 is 0 Å². The molecule has 1 aliphatic rings. The molecule has 1 aliphatic heterocycles. The molecular formula is C19H21F2N7O3S. The van der Waals surface area contributed by atoms with Crippen molar-refractivity contribution in [1.29, 1.82) is 0 Å². The van der Waals surface area contributed by atoms with E-state index in [1.165, 1.54) is 29.2 Å². The lowest BCUT2D eigenvalue weighted by Crippen LogP contribution is -2.50. The number of ketones is 1. The molecule has 0 saturated carbocycles. The molecule has 0 bridgehead atoms. The molecule has 1 fully saturated rings. The molecule has 13 heteroatoms. The van der Waals surface area contributed by atoms with Crippen molar-refractivity contribution in [3.05, 3.63) is 36.4 Å². The zero-order valence-electron chi connectivity index (χ0n) is 17.3. The Hall–Kier alpha value is -3.06. The molecular weight excluding hydrogens is 444 g/mol. The SMILES string of the molecule is CC1CN(c2cc(-c3cnc4ccc(C(F)F)nn34)ncn2)CC(CNS(C)(=O)=O)C1=O. The molecule has 2 unspecified atom stereocenters. The molecule has 170 valence electrons. The van der Waals surface area contributed by atoms with Gasteiger partial charge in [0.25, 0.3) is 6.43 Å². The molecule has 0 spiro atoms. The third-order valence-corrected chi connectivity index (χ3v) is 5.95. The number of hydrogen-bond acceptors (Lipinski definition) is 8. The summed E-state index contributed by atoms with van der Waals surface area (Å²) in [5.41, 5.74) is 0.864. The van der Waals surface area contributed by atoms with Crippen LogP contribution in [0.15, 0.2) is 30.7 Å². The van der Waals surface area contributed by atoms with E-state index in [0.29, 0.717) is 29.4 Å². The molecule has 3 aromatic heterocycles. The smallest absolute Gasteiger partial charge is 0.282 e. The molecule has 1 saturated heterocycles. The number of piperidine rings is 1. The van der Waals surface area contributed by atoms with Crippen LogP contribution in [0.25, 0.3) is 17.0 Å². The molecule has 0 aliphatic carbocycles. The Morgan fingerprint density at radius 1 is 1.22 bits per heavy atom. The van der Waals surface area contributed by atoms with E-state index >= 15 is 0 Å². The quantitative estimate of drug-likeness (QED) is 0.578. The van der Waals surface area contributed by atoms with Crippen LogP contribution < -0.4 is 9.62 Å². The van der Waals surface area contributed by atoms with Crippen LogP contribution in [-0.2, 0) is 14.8 Å². The Balaban J connectivity index is 1.63. The van der Waals surface area contributed by atoms with Crippen molar-refractivity contribution >= 4 is 27.3 Å². The summed E-state index contributed by atoms with van der Waals surface area (Å²) in [6, 6.07) is 4.35. The molecule has 0 radical (unpaired) electrons. The summed E-state index contributed by atoms with van der Waals surface area (Å²) in [7, 11) is -3.43. The molecule has 10 nitrogen and oxygen atoms in total.